The molecule has 1 aromatic carbocycles. The minimum Gasteiger partial charge on any atom is -0.350 e. The fourth-order valence-electron chi connectivity index (χ4n) is 3.81. The Morgan fingerprint density at radius 2 is 2.07 bits per heavy atom. The minimum atomic E-state index is -0.405. The van der Waals surface area contributed by atoms with Gasteiger partial charge in [-0.2, -0.15) is 5.10 Å². The number of hydrogen-bond acceptors (Lipinski definition) is 4. The van der Waals surface area contributed by atoms with Gasteiger partial charge in [0.15, 0.2) is 0 Å². The van der Waals surface area contributed by atoms with Crippen LogP contribution in [0, 0.1) is 12.7 Å². The smallest absolute Gasteiger partial charge is 0.254 e. The maximum Gasteiger partial charge on any atom is 0.254 e. The van der Waals surface area contributed by atoms with E-state index < -0.39 is 5.82 Å². The number of carbonyl (C=O) groups is 2. The van der Waals surface area contributed by atoms with Crippen LogP contribution in [-0.2, 0) is 4.79 Å². The van der Waals surface area contributed by atoms with Crippen LogP contribution in [0.25, 0.3) is 5.69 Å². The van der Waals surface area contributed by atoms with E-state index in [1.165, 1.54) is 16.9 Å². The molecule has 8 heteroatoms. The lowest BCUT2D eigenvalue weighted by molar-refractivity contribution is -0.138. The number of likely N-dealkylation sites (N-methyl/N-ethyl adjacent to an activating group) is 2. The Hall–Kier alpha value is -2.74. The highest BCUT2D eigenvalue weighted by molar-refractivity contribution is 5.95. The van der Waals surface area contributed by atoms with Crippen molar-refractivity contribution in [3.8, 4) is 5.69 Å². The Labute approximate surface area is 176 Å². The SMILES string of the molecule is Cc1c(C(=O)NCC(C)N(C)C(=O)[C@H]2CCCCN2C)cnn1-c1ccccc1F. The third-order valence-electron chi connectivity index (χ3n) is 5.96. The van der Waals surface area contributed by atoms with Crippen LogP contribution in [0.15, 0.2) is 30.5 Å². The van der Waals surface area contributed by atoms with Crippen molar-refractivity contribution in [2.24, 2.45) is 0 Å². The Kier molecular flexibility index (Phi) is 6.87. The van der Waals surface area contributed by atoms with Crippen molar-refractivity contribution in [1.29, 1.82) is 0 Å². The van der Waals surface area contributed by atoms with Gasteiger partial charge in [-0.25, -0.2) is 9.07 Å². The van der Waals surface area contributed by atoms with Crippen LogP contribution in [0.1, 0.15) is 42.2 Å². The van der Waals surface area contributed by atoms with Crippen molar-refractivity contribution in [3.05, 3.63) is 47.5 Å². The lowest BCUT2D eigenvalue weighted by Gasteiger charge is -2.36. The van der Waals surface area contributed by atoms with Crippen LogP contribution in [0.3, 0.4) is 0 Å². The zero-order chi connectivity index (χ0) is 21.8. The topological polar surface area (TPSA) is 70.5 Å². The first-order chi connectivity index (χ1) is 14.3. The Morgan fingerprint density at radius 3 is 2.77 bits per heavy atom. The average Bonchev–Trinajstić information content (AvgIpc) is 3.12. The van der Waals surface area contributed by atoms with Crippen LogP contribution in [0.2, 0.25) is 0 Å². The molecule has 1 N–H and O–H groups in total. The summed E-state index contributed by atoms with van der Waals surface area (Å²) in [5, 5.41) is 7.05. The lowest BCUT2D eigenvalue weighted by Crippen LogP contribution is -2.52. The first-order valence-corrected chi connectivity index (χ1v) is 10.4. The van der Waals surface area contributed by atoms with Gasteiger partial charge in [-0.3, -0.25) is 14.5 Å². The number of benzene rings is 1. The van der Waals surface area contributed by atoms with Gasteiger partial charge in [-0.15, -0.1) is 0 Å². The zero-order valence-corrected chi connectivity index (χ0v) is 18.1. The summed E-state index contributed by atoms with van der Waals surface area (Å²) < 4.78 is 15.5. The van der Waals surface area contributed by atoms with Gasteiger partial charge >= 0.3 is 0 Å². The molecule has 0 saturated carbocycles. The third kappa shape index (κ3) is 4.53. The predicted molar refractivity (Wildman–Crippen MR) is 113 cm³/mol. The summed E-state index contributed by atoms with van der Waals surface area (Å²) in [5.74, 6) is -0.614. The number of piperidine rings is 1. The third-order valence-corrected chi connectivity index (χ3v) is 5.96. The summed E-state index contributed by atoms with van der Waals surface area (Å²) >= 11 is 0. The van der Waals surface area contributed by atoms with E-state index in [2.05, 4.69) is 15.3 Å². The summed E-state index contributed by atoms with van der Waals surface area (Å²) in [5.41, 5.74) is 1.23. The van der Waals surface area contributed by atoms with Gasteiger partial charge < -0.3 is 10.2 Å². The zero-order valence-electron chi connectivity index (χ0n) is 18.1. The largest absolute Gasteiger partial charge is 0.350 e. The van der Waals surface area contributed by atoms with Gasteiger partial charge in [0.1, 0.15) is 11.5 Å². The molecule has 30 heavy (non-hydrogen) atoms. The van der Waals surface area contributed by atoms with Crippen LogP contribution >= 0.6 is 0 Å². The number of carbonyl (C=O) groups excluding carboxylic acids is 2. The monoisotopic (exact) mass is 415 g/mol. The van der Waals surface area contributed by atoms with E-state index in [1.807, 2.05) is 14.0 Å². The molecule has 0 bridgehead atoms. The van der Waals surface area contributed by atoms with Crippen LogP contribution in [0.5, 0.6) is 0 Å². The maximum atomic E-state index is 14.1. The molecule has 2 atom stereocenters. The molecule has 0 aliphatic carbocycles. The van der Waals surface area contributed by atoms with E-state index in [-0.39, 0.29) is 23.9 Å². The first-order valence-electron chi connectivity index (χ1n) is 10.4. The number of hydrogen-bond donors (Lipinski definition) is 1. The van der Waals surface area contributed by atoms with Crippen LogP contribution < -0.4 is 5.32 Å². The number of halogens is 1. The Balaban J connectivity index is 1.61. The average molecular weight is 416 g/mol. The molecule has 162 valence electrons. The molecule has 1 fully saturated rings. The highest BCUT2D eigenvalue weighted by atomic mass is 19.1. The van der Waals surface area contributed by atoms with E-state index in [0.29, 0.717) is 23.5 Å². The molecule has 1 aliphatic rings. The summed E-state index contributed by atoms with van der Waals surface area (Å²) in [7, 11) is 3.76. The van der Waals surface area contributed by atoms with Crippen LogP contribution in [-0.4, -0.2) is 70.7 Å². The quantitative estimate of drug-likeness (QED) is 0.787. The number of amides is 2. The van der Waals surface area contributed by atoms with Crippen molar-refractivity contribution in [1.82, 2.24) is 24.9 Å². The van der Waals surface area contributed by atoms with E-state index in [0.717, 1.165) is 25.8 Å². The standard InChI is InChI=1S/C22H30FN5O2/c1-15(27(4)22(30)20-11-7-8-12-26(20)3)13-24-21(29)17-14-25-28(16(17)2)19-10-6-5-9-18(19)23/h5-6,9-10,14-15,20H,7-8,11-13H2,1-4H3,(H,24,29)/t15?,20-/m1/s1. The number of para-hydroxylation sites is 1. The van der Waals surface area contributed by atoms with E-state index >= 15 is 0 Å². The maximum absolute atomic E-state index is 14.1. The number of nitrogens with zero attached hydrogens (tertiary/aromatic N) is 4. The number of likely N-dealkylation sites (tertiary alicyclic amines) is 1. The van der Waals surface area contributed by atoms with Gasteiger partial charge in [0.05, 0.1) is 23.5 Å². The van der Waals surface area contributed by atoms with Crippen molar-refractivity contribution in [2.45, 2.75) is 45.2 Å². The summed E-state index contributed by atoms with van der Waals surface area (Å²) in [4.78, 5) is 29.3. The van der Waals surface area contributed by atoms with Crippen molar-refractivity contribution < 1.29 is 14.0 Å². The van der Waals surface area contributed by atoms with E-state index in [4.69, 9.17) is 0 Å². The van der Waals surface area contributed by atoms with Crippen LogP contribution in [0.4, 0.5) is 4.39 Å². The second kappa shape index (κ2) is 9.38. The van der Waals surface area contributed by atoms with E-state index in [9.17, 15) is 14.0 Å². The van der Waals surface area contributed by atoms with Gasteiger partial charge in [-0.05, 0) is 52.4 Å². The molecule has 1 saturated heterocycles. The molecular formula is C22H30FN5O2. The molecule has 1 unspecified atom stereocenters. The fourth-order valence-corrected chi connectivity index (χ4v) is 3.81. The van der Waals surface area contributed by atoms with Gasteiger partial charge in [-0.1, -0.05) is 18.6 Å². The van der Waals surface area contributed by atoms with Gasteiger partial charge in [0.2, 0.25) is 5.91 Å². The Morgan fingerprint density at radius 1 is 1.33 bits per heavy atom. The molecular weight excluding hydrogens is 385 g/mol. The second-order valence-electron chi connectivity index (χ2n) is 8.01. The Bertz CT molecular complexity index is 913. The molecule has 2 heterocycles. The molecule has 2 aromatic rings. The highest BCUT2D eigenvalue weighted by Crippen LogP contribution is 2.18. The van der Waals surface area contributed by atoms with Gasteiger partial charge in [0.25, 0.3) is 5.91 Å². The first kappa shape index (κ1) is 22.0. The molecule has 0 spiro atoms. The molecule has 1 aliphatic heterocycles. The normalized spacial score (nSPS) is 18.1. The highest BCUT2D eigenvalue weighted by Gasteiger charge is 2.30. The lowest BCUT2D eigenvalue weighted by atomic mass is 10.0. The fraction of sp³-hybridized carbons (Fsp3) is 0.500. The van der Waals surface area contributed by atoms with Gasteiger partial charge in [0, 0.05) is 19.6 Å². The predicted octanol–water partition coefficient (Wildman–Crippen LogP) is 2.38. The van der Waals surface area contributed by atoms with Crippen molar-refractivity contribution in [2.75, 3.05) is 27.2 Å². The molecule has 7 nitrogen and oxygen atoms in total. The number of nitrogens with one attached hydrogen (secondary N) is 1. The minimum absolute atomic E-state index is 0.0856. The summed E-state index contributed by atoms with van der Waals surface area (Å²) in [6.45, 7) is 4.89. The molecule has 2 amide bonds. The van der Waals surface area contributed by atoms with Crippen molar-refractivity contribution in [3.63, 3.8) is 0 Å². The molecule has 3 rings (SSSR count). The number of rotatable bonds is 6. The summed E-state index contributed by atoms with van der Waals surface area (Å²) in [6, 6.07) is 6.05. The second-order valence-corrected chi connectivity index (χ2v) is 8.01. The van der Waals surface area contributed by atoms with Crippen molar-refractivity contribution >= 4 is 11.8 Å². The molecule has 1 aromatic heterocycles. The summed E-state index contributed by atoms with van der Waals surface area (Å²) in [6.07, 6.45) is 4.49. The molecule has 0 radical (unpaired) electrons. The number of aromatic nitrogens is 2. The van der Waals surface area contributed by atoms with E-state index in [1.54, 1.807) is 37.1 Å².